The fourth-order valence-corrected chi connectivity index (χ4v) is 4.96. The summed E-state index contributed by atoms with van der Waals surface area (Å²) in [6.45, 7) is 6.15. The standard InChI is InChI=1S/C23H32N4O2S/c1-4-18-10-8-9-13-20(18)26-21(28)14-24-22(29)15-30-23-25-16(2)17(3)27(23)19-11-6-5-7-12-19/h8-10,13,19H,4-7,11-12,14-15H2,1-3H3,(H,24,29)(H,26,28). The van der Waals surface area contributed by atoms with Crippen molar-refractivity contribution in [3.05, 3.63) is 41.2 Å². The number of imidazole rings is 1. The molecule has 0 unspecified atom stereocenters. The van der Waals surface area contributed by atoms with E-state index >= 15 is 0 Å². The van der Waals surface area contributed by atoms with Crippen LogP contribution in [0.1, 0.15) is 62.0 Å². The number of thioether (sulfide) groups is 1. The Balaban J connectivity index is 1.51. The fraction of sp³-hybridized carbons (Fsp3) is 0.522. The van der Waals surface area contributed by atoms with E-state index in [0.717, 1.165) is 28.5 Å². The number of carbonyl (C=O) groups is 2. The topological polar surface area (TPSA) is 76.0 Å². The highest BCUT2D eigenvalue weighted by atomic mass is 32.2. The summed E-state index contributed by atoms with van der Waals surface area (Å²) in [7, 11) is 0. The molecule has 1 aromatic heterocycles. The average molecular weight is 429 g/mol. The summed E-state index contributed by atoms with van der Waals surface area (Å²) in [5.74, 6) is -0.126. The molecule has 0 saturated heterocycles. The molecule has 1 aliphatic carbocycles. The number of carbonyl (C=O) groups excluding carboxylic acids is 2. The molecule has 162 valence electrons. The maximum absolute atomic E-state index is 12.3. The highest BCUT2D eigenvalue weighted by Gasteiger charge is 2.22. The molecule has 0 radical (unpaired) electrons. The molecule has 6 nitrogen and oxygen atoms in total. The molecule has 2 N–H and O–H groups in total. The number of amides is 2. The van der Waals surface area contributed by atoms with Gasteiger partial charge in [0.05, 0.1) is 18.0 Å². The molecule has 0 spiro atoms. The molecular formula is C23H32N4O2S. The van der Waals surface area contributed by atoms with Gasteiger partial charge in [-0.25, -0.2) is 4.98 Å². The lowest BCUT2D eigenvalue weighted by molar-refractivity contribution is -0.122. The highest BCUT2D eigenvalue weighted by Crippen LogP contribution is 2.34. The first-order chi connectivity index (χ1) is 14.5. The lowest BCUT2D eigenvalue weighted by atomic mass is 9.95. The second-order valence-corrected chi connectivity index (χ2v) is 8.79. The van der Waals surface area contributed by atoms with Crippen LogP contribution in [0.5, 0.6) is 0 Å². The molecule has 3 rings (SSSR count). The number of hydrogen-bond donors (Lipinski definition) is 2. The van der Waals surface area contributed by atoms with Crippen LogP contribution in [0, 0.1) is 13.8 Å². The van der Waals surface area contributed by atoms with Crippen LogP contribution in [-0.4, -0.2) is 33.7 Å². The molecule has 1 saturated carbocycles. The molecule has 0 atom stereocenters. The largest absolute Gasteiger partial charge is 0.346 e. The number of aryl methyl sites for hydroxylation is 2. The minimum Gasteiger partial charge on any atom is -0.346 e. The molecule has 2 amide bonds. The number of para-hydroxylation sites is 1. The Morgan fingerprint density at radius 3 is 2.60 bits per heavy atom. The fourth-order valence-electron chi connectivity index (χ4n) is 3.97. The van der Waals surface area contributed by atoms with Crippen LogP contribution in [0.2, 0.25) is 0 Å². The van der Waals surface area contributed by atoms with Crippen molar-refractivity contribution in [2.24, 2.45) is 0 Å². The van der Waals surface area contributed by atoms with Crippen molar-refractivity contribution in [3.63, 3.8) is 0 Å². The van der Waals surface area contributed by atoms with Gasteiger partial charge in [-0.1, -0.05) is 56.1 Å². The summed E-state index contributed by atoms with van der Waals surface area (Å²) in [6.07, 6.45) is 7.00. The van der Waals surface area contributed by atoms with E-state index in [1.807, 2.05) is 38.1 Å². The van der Waals surface area contributed by atoms with Crippen molar-refractivity contribution < 1.29 is 9.59 Å². The average Bonchev–Trinajstić information content (AvgIpc) is 3.05. The Labute approximate surface area is 183 Å². The van der Waals surface area contributed by atoms with Gasteiger partial charge >= 0.3 is 0 Å². The molecule has 7 heteroatoms. The molecule has 1 heterocycles. The van der Waals surface area contributed by atoms with E-state index in [1.165, 1.54) is 49.6 Å². The van der Waals surface area contributed by atoms with Crippen molar-refractivity contribution in [1.29, 1.82) is 0 Å². The maximum Gasteiger partial charge on any atom is 0.243 e. The SMILES string of the molecule is CCc1ccccc1NC(=O)CNC(=O)CSc1nc(C)c(C)n1C1CCCCC1. The van der Waals surface area contributed by atoms with Gasteiger partial charge in [0.25, 0.3) is 0 Å². The van der Waals surface area contributed by atoms with E-state index in [2.05, 4.69) is 22.1 Å². The lowest BCUT2D eigenvalue weighted by Gasteiger charge is -2.26. The van der Waals surface area contributed by atoms with Gasteiger partial charge in [-0.2, -0.15) is 0 Å². The Hall–Kier alpha value is -2.28. The summed E-state index contributed by atoms with van der Waals surface area (Å²) in [6, 6.07) is 8.19. The van der Waals surface area contributed by atoms with Crippen LogP contribution >= 0.6 is 11.8 Å². The van der Waals surface area contributed by atoms with Crippen LogP contribution in [0.25, 0.3) is 0 Å². The summed E-state index contributed by atoms with van der Waals surface area (Å²) in [4.78, 5) is 29.2. The number of nitrogens with one attached hydrogen (secondary N) is 2. The van der Waals surface area contributed by atoms with Crippen LogP contribution in [0.15, 0.2) is 29.4 Å². The van der Waals surface area contributed by atoms with Gasteiger partial charge in [0.2, 0.25) is 11.8 Å². The van der Waals surface area contributed by atoms with Gasteiger partial charge in [-0.15, -0.1) is 0 Å². The van der Waals surface area contributed by atoms with E-state index in [0.29, 0.717) is 6.04 Å². The van der Waals surface area contributed by atoms with Crippen molar-refractivity contribution in [2.75, 3.05) is 17.6 Å². The number of anilines is 1. The highest BCUT2D eigenvalue weighted by molar-refractivity contribution is 7.99. The van der Waals surface area contributed by atoms with E-state index < -0.39 is 0 Å². The van der Waals surface area contributed by atoms with Gasteiger partial charge in [0.1, 0.15) is 0 Å². The monoisotopic (exact) mass is 428 g/mol. The summed E-state index contributed by atoms with van der Waals surface area (Å²) in [5, 5.41) is 6.51. The van der Waals surface area contributed by atoms with Gasteiger partial charge in [0.15, 0.2) is 5.16 Å². The molecular weight excluding hydrogens is 396 g/mol. The number of hydrogen-bond acceptors (Lipinski definition) is 4. The summed E-state index contributed by atoms with van der Waals surface area (Å²) >= 11 is 1.45. The van der Waals surface area contributed by atoms with E-state index in [1.54, 1.807) is 0 Å². The van der Waals surface area contributed by atoms with Gasteiger partial charge in [-0.05, 0) is 44.7 Å². The molecule has 2 aromatic rings. The molecule has 30 heavy (non-hydrogen) atoms. The predicted molar refractivity (Wildman–Crippen MR) is 122 cm³/mol. The quantitative estimate of drug-likeness (QED) is 0.611. The van der Waals surface area contributed by atoms with Crippen molar-refractivity contribution >= 4 is 29.3 Å². The first-order valence-electron chi connectivity index (χ1n) is 10.8. The smallest absolute Gasteiger partial charge is 0.243 e. The maximum atomic E-state index is 12.3. The van der Waals surface area contributed by atoms with Crippen LogP contribution in [-0.2, 0) is 16.0 Å². The second kappa shape index (κ2) is 10.7. The second-order valence-electron chi connectivity index (χ2n) is 7.85. The predicted octanol–water partition coefficient (Wildman–Crippen LogP) is 4.41. The van der Waals surface area contributed by atoms with Crippen molar-refractivity contribution in [2.45, 2.75) is 70.5 Å². The van der Waals surface area contributed by atoms with Gasteiger partial charge in [0, 0.05) is 17.4 Å². The Kier molecular flexibility index (Phi) is 7.96. The first kappa shape index (κ1) is 22.4. The Bertz CT molecular complexity index is 887. The third-order valence-electron chi connectivity index (χ3n) is 5.75. The molecule has 0 aliphatic heterocycles. The third-order valence-corrected chi connectivity index (χ3v) is 6.70. The van der Waals surface area contributed by atoms with E-state index in [4.69, 9.17) is 4.98 Å². The van der Waals surface area contributed by atoms with Crippen LogP contribution < -0.4 is 10.6 Å². The number of aromatic nitrogens is 2. The van der Waals surface area contributed by atoms with E-state index in [9.17, 15) is 9.59 Å². The number of nitrogens with zero attached hydrogens (tertiary/aromatic N) is 2. The van der Waals surface area contributed by atoms with Gasteiger partial charge in [-0.3, -0.25) is 9.59 Å². The molecule has 1 fully saturated rings. The van der Waals surface area contributed by atoms with Crippen LogP contribution in [0.4, 0.5) is 5.69 Å². The van der Waals surface area contributed by atoms with Crippen LogP contribution in [0.3, 0.4) is 0 Å². The number of rotatable bonds is 8. The molecule has 1 aromatic carbocycles. The van der Waals surface area contributed by atoms with Crippen molar-refractivity contribution in [3.8, 4) is 0 Å². The molecule has 0 bridgehead atoms. The summed E-state index contributed by atoms with van der Waals surface area (Å²) in [5.41, 5.74) is 4.10. The Morgan fingerprint density at radius 1 is 1.13 bits per heavy atom. The Morgan fingerprint density at radius 2 is 1.87 bits per heavy atom. The minimum atomic E-state index is -0.218. The zero-order valence-corrected chi connectivity index (χ0v) is 19.0. The number of benzene rings is 1. The zero-order chi connectivity index (χ0) is 21.5. The van der Waals surface area contributed by atoms with Gasteiger partial charge < -0.3 is 15.2 Å². The normalized spacial score (nSPS) is 14.5. The third kappa shape index (κ3) is 5.65. The first-order valence-corrected chi connectivity index (χ1v) is 11.8. The molecule has 1 aliphatic rings. The summed E-state index contributed by atoms with van der Waals surface area (Å²) < 4.78 is 2.32. The van der Waals surface area contributed by atoms with E-state index in [-0.39, 0.29) is 24.1 Å². The minimum absolute atomic E-state index is 0.0352. The lowest BCUT2D eigenvalue weighted by Crippen LogP contribution is -2.34. The zero-order valence-electron chi connectivity index (χ0n) is 18.2. The van der Waals surface area contributed by atoms with Crippen molar-refractivity contribution in [1.82, 2.24) is 14.9 Å².